The Kier molecular flexibility index (Phi) is 8.33. The van der Waals surface area contributed by atoms with Crippen molar-refractivity contribution in [3.8, 4) is 57.1 Å². The van der Waals surface area contributed by atoms with Crippen LogP contribution in [-0.2, 0) is 14.3 Å². The zero-order valence-electron chi connectivity index (χ0n) is 22.5. The number of phenolic OH excluding ortho intramolecular Hbond substituents is 5. The van der Waals surface area contributed by atoms with Gasteiger partial charge in [0, 0.05) is 23.8 Å². The predicted octanol–water partition coefficient (Wildman–Crippen LogP) is 1.38. The second-order valence-electron chi connectivity index (χ2n) is 9.84. The van der Waals surface area contributed by atoms with E-state index in [0.29, 0.717) is 5.56 Å². The summed E-state index contributed by atoms with van der Waals surface area (Å²) in [6.45, 7) is -0.578. The number of aliphatic hydroxyl groups excluding tert-OH is 3. The second kappa shape index (κ2) is 12.1. The minimum Gasteiger partial charge on any atom is -0.508 e. The molecule has 0 aromatic heterocycles. The Morgan fingerprint density at radius 2 is 1.52 bits per heavy atom. The van der Waals surface area contributed by atoms with Crippen LogP contribution in [-0.4, -0.2) is 84.1 Å². The third-order valence-electron chi connectivity index (χ3n) is 6.74. The molecule has 1 aliphatic carbocycles. The quantitative estimate of drug-likeness (QED) is 0.0839. The topological polar surface area (TPSA) is 237 Å². The summed E-state index contributed by atoms with van der Waals surface area (Å²) in [4.78, 5) is 24.2. The first-order chi connectivity index (χ1) is 20.9. The number of ether oxygens (including phenoxy) is 3. The molecule has 1 fully saturated rings. The molecule has 14 heteroatoms. The van der Waals surface area contributed by atoms with Crippen molar-refractivity contribution in [3.05, 3.63) is 76.5 Å². The number of hydrogen-bond acceptors (Lipinski definition) is 14. The van der Waals surface area contributed by atoms with E-state index < -0.39 is 71.7 Å². The van der Waals surface area contributed by atoms with Crippen molar-refractivity contribution in [1.82, 2.24) is 0 Å². The van der Waals surface area contributed by atoms with Crippen LogP contribution in [0, 0.1) is 0 Å². The smallest absolute Gasteiger partial charge is 0.330 e. The lowest BCUT2D eigenvalue weighted by Gasteiger charge is -2.40. The normalized spacial score (nSPS) is 21.8. The number of aromatic hydroxyl groups is 5. The van der Waals surface area contributed by atoms with Gasteiger partial charge in [-0.15, -0.1) is 0 Å². The fraction of sp³-hybridized carbons (Fsp3) is 0.200. The van der Waals surface area contributed by atoms with Crippen molar-refractivity contribution in [3.63, 3.8) is 0 Å². The van der Waals surface area contributed by atoms with Gasteiger partial charge in [0.1, 0.15) is 48.3 Å². The zero-order chi connectivity index (χ0) is 31.7. The highest BCUT2D eigenvalue weighted by molar-refractivity contribution is 5.87. The first kappa shape index (κ1) is 30.2. The van der Waals surface area contributed by atoms with Crippen LogP contribution in [0.2, 0.25) is 0 Å². The molecule has 1 saturated heterocycles. The van der Waals surface area contributed by atoms with Crippen molar-refractivity contribution in [2.45, 2.75) is 30.7 Å². The SMILES string of the molecule is O=C(C=Cc1ccc(O)cc1)OC[C@@H]1O[C@@H](Oc2cc3c(O)cc(=O)cc-3oc2-c2cc(O)c(O)c(O)c2)[C@@H](O)[C@H](O)[C@H]1O. The minimum absolute atomic E-state index is 0.0210. The van der Waals surface area contributed by atoms with Crippen molar-refractivity contribution < 1.29 is 64.3 Å². The Labute approximate surface area is 247 Å². The number of aliphatic hydroxyl groups is 3. The van der Waals surface area contributed by atoms with Crippen molar-refractivity contribution in [1.29, 1.82) is 0 Å². The highest BCUT2D eigenvalue weighted by atomic mass is 16.7. The molecular formula is C30H26O14. The van der Waals surface area contributed by atoms with Gasteiger partial charge in [-0.05, 0) is 42.0 Å². The van der Waals surface area contributed by atoms with E-state index in [9.17, 15) is 50.4 Å². The molecule has 8 N–H and O–H groups in total. The second-order valence-corrected chi connectivity index (χ2v) is 9.84. The van der Waals surface area contributed by atoms with E-state index in [2.05, 4.69) is 0 Å². The summed E-state index contributed by atoms with van der Waals surface area (Å²) in [5.41, 5.74) is -0.118. The largest absolute Gasteiger partial charge is 0.508 e. The zero-order valence-corrected chi connectivity index (χ0v) is 22.5. The number of esters is 1. The molecule has 5 atom stereocenters. The maximum absolute atomic E-state index is 12.3. The highest BCUT2D eigenvalue weighted by Crippen LogP contribution is 2.45. The average molecular weight is 611 g/mol. The molecule has 0 saturated carbocycles. The third kappa shape index (κ3) is 6.23. The van der Waals surface area contributed by atoms with E-state index in [0.717, 1.165) is 30.3 Å². The molecule has 0 amide bonds. The number of rotatable bonds is 7. The van der Waals surface area contributed by atoms with Gasteiger partial charge in [-0.2, -0.15) is 0 Å². The standard InChI is InChI=1S/C30H26O14/c31-15-4-1-13(2-5-15)3-6-24(36)41-12-23-26(38)27(39)28(40)30(44-23)43-22-11-17-18(33)9-16(32)10-21(17)42-29(22)14-7-19(34)25(37)20(35)8-14/h1-11,23,26-28,30-31,33-35,37-40H,12H2/t23-,26-,27+,28-,30+/m0/s1. The van der Waals surface area contributed by atoms with Crippen molar-refractivity contribution in [2.75, 3.05) is 6.61 Å². The minimum atomic E-state index is -1.87. The molecule has 230 valence electrons. The monoisotopic (exact) mass is 610 g/mol. The number of carbonyl (C=O) groups excluding carboxylic acids is 1. The van der Waals surface area contributed by atoms with E-state index in [1.165, 1.54) is 24.3 Å². The van der Waals surface area contributed by atoms with Gasteiger partial charge in [0.05, 0.1) is 5.56 Å². The number of carbonyl (C=O) groups is 1. The molecular weight excluding hydrogens is 584 g/mol. The fourth-order valence-electron chi connectivity index (χ4n) is 4.44. The van der Waals surface area contributed by atoms with Crippen LogP contribution in [0.5, 0.6) is 34.5 Å². The Hall–Kier alpha value is -5.28. The summed E-state index contributed by atoms with van der Waals surface area (Å²) >= 11 is 0. The summed E-state index contributed by atoms with van der Waals surface area (Å²) in [5, 5.41) is 81.2. The van der Waals surface area contributed by atoms with Gasteiger partial charge < -0.3 is 59.5 Å². The highest BCUT2D eigenvalue weighted by Gasteiger charge is 2.46. The molecule has 2 aliphatic heterocycles. The van der Waals surface area contributed by atoms with Gasteiger partial charge in [0.2, 0.25) is 6.29 Å². The number of phenols is 5. The molecule has 3 aliphatic rings. The molecule has 14 nitrogen and oxygen atoms in total. The summed E-state index contributed by atoms with van der Waals surface area (Å²) < 4.78 is 22.3. The van der Waals surface area contributed by atoms with Crippen LogP contribution in [0.4, 0.5) is 0 Å². The number of fused-ring (bicyclic) bond motifs is 1. The van der Waals surface area contributed by atoms with E-state index in [-0.39, 0.29) is 34.1 Å². The fourth-order valence-corrected chi connectivity index (χ4v) is 4.44. The van der Waals surface area contributed by atoms with Gasteiger partial charge in [0.25, 0.3) is 0 Å². The molecule has 0 spiro atoms. The molecule has 2 aromatic carbocycles. The van der Waals surface area contributed by atoms with E-state index in [1.807, 2.05) is 0 Å². The van der Waals surface area contributed by atoms with E-state index in [1.54, 1.807) is 12.1 Å². The molecule has 2 heterocycles. The van der Waals surface area contributed by atoms with Gasteiger partial charge in [-0.1, -0.05) is 12.1 Å². The van der Waals surface area contributed by atoms with Gasteiger partial charge in [-0.25, -0.2) is 4.79 Å². The molecule has 5 rings (SSSR count). The van der Waals surface area contributed by atoms with Crippen molar-refractivity contribution in [2.24, 2.45) is 0 Å². The average Bonchev–Trinajstić information content (AvgIpc) is 2.98. The van der Waals surface area contributed by atoms with Crippen LogP contribution in [0.15, 0.2) is 69.9 Å². The third-order valence-corrected chi connectivity index (χ3v) is 6.74. The lowest BCUT2D eigenvalue weighted by atomic mass is 9.99. The number of benzene rings is 3. The lowest BCUT2D eigenvalue weighted by Crippen LogP contribution is -2.60. The van der Waals surface area contributed by atoms with Gasteiger partial charge >= 0.3 is 5.97 Å². The molecule has 44 heavy (non-hydrogen) atoms. The van der Waals surface area contributed by atoms with Gasteiger partial charge in [0.15, 0.2) is 34.2 Å². The Balaban J connectivity index is 1.42. The maximum atomic E-state index is 12.3. The lowest BCUT2D eigenvalue weighted by molar-refractivity contribution is -0.278. The molecule has 0 bridgehead atoms. The van der Waals surface area contributed by atoms with E-state index >= 15 is 0 Å². The first-order valence-electron chi connectivity index (χ1n) is 13.0. The van der Waals surface area contributed by atoms with Crippen molar-refractivity contribution >= 4 is 12.0 Å². The predicted molar refractivity (Wildman–Crippen MR) is 149 cm³/mol. The Bertz CT molecular complexity index is 1700. The van der Waals surface area contributed by atoms with Crippen LogP contribution in [0.25, 0.3) is 28.7 Å². The van der Waals surface area contributed by atoms with Crippen LogP contribution in [0.1, 0.15) is 5.56 Å². The van der Waals surface area contributed by atoms with Gasteiger partial charge in [-0.3, -0.25) is 4.79 Å². The Morgan fingerprint density at radius 3 is 2.20 bits per heavy atom. The van der Waals surface area contributed by atoms with Crippen LogP contribution < -0.4 is 10.2 Å². The van der Waals surface area contributed by atoms with E-state index in [4.69, 9.17) is 18.6 Å². The summed E-state index contributed by atoms with van der Waals surface area (Å²) in [6, 6.07) is 11.1. The molecule has 2 aromatic rings. The Morgan fingerprint density at radius 1 is 0.841 bits per heavy atom. The maximum Gasteiger partial charge on any atom is 0.330 e. The molecule has 0 unspecified atom stereocenters. The van der Waals surface area contributed by atoms with Crippen LogP contribution in [0.3, 0.4) is 0 Å². The molecule has 0 radical (unpaired) electrons. The number of hydrogen-bond donors (Lipinski definition) is 8. The van der Waals surface area contributed by atoms with Crippen LogP contribution >= 0.6 is 0 Å². The summed E-state index contributed by atoms with van der Waals surface area (Å²) in [5.74, 6) is -4.28. The summed E-state index contributed by atoms with van der Waals surface area (Å²) in [6.07, 6.45) is -6.06. The first-order valence-corrected chi connectivity index (χ1v) is 13.0. The summed E-state index contributed by atoms with van der Waals surface area (Å²) in [7, 11) is 0.